The van der Waals surface area contributed by atoms with Gasteiger partial charge in [0.25, 0.3) is 0 Å². The molecule has 1 aromatic rings. The van der Waals surface area contributed by atoms with E-state index in [2.05, 4.69) is 24.1 Å². The molecular formula is C16H27N3. The maximum atomic E-state index is 4.75. The van der Waals surface area contributed by atoms with Crippen LogP contribution in [0.4, 0.5) is 0 Å². The summed E-state index contributed by atoms with van der Waals surface area (Å²) in [6.07, 6.45) is 9.66. The minimum absolute atomic E-state index is 0.592. The van der Waals surface area contributed by atoms with Crippen molar-refractivity contribution < 1.29 is 0 Å². The highest BCUT2D eigenvalue weighted by Gasteiger charge is 2.23. The Morgan fingerprint density at radius 2 is 2.00 bits per heavy atom. The van der Waals surface area contributed by atoms with E-state index in [0.717, 1.165) is 30.5 Å². The molecule has 0 spiro atoms. The minimum atomic E-state index is 0.592. The van der Waals surface area contributed by atoms with Gasteiger partial charge in [0.1, 0.15) is 5.82 Å². The van der Waals surface area contributed by atoms with Crippen LogP contribution in [0.5, 0.6) is 0 Å². The van der Waals surface area contributed by atoms with Gasteiger partial charge in [-0.3, -0.25) is 0 Å². The lowest BCUT2D eigenvalue weighted by Gasteiger charge is -2.26. The Labute approximate surface area is 117 Å². The summed E-state index contributed by atoms with van der Waals surface area (Å²) >= 11 is 0. The number of rotatable bonds is 6. The van der Waals surface area contributed by atoms with Crippen LogP contribution in [-0.2, 0) is 6.54 Å². The number of hydrogen-bond acceptors (Lipinski definition) is 3. The van der Waals surface area contributed by atoms with E-state index in [1.165, 1.54) is 38.5 Å². The number of aromatic nitrogens is 2. The Bertz CT molecular complexity index is 370. The van der Waals surface area contributed by atoms with Crippen LogP contribution in [0.25, 0.3) is 0 Å². The fourth-order valence-electron chi connectivity index (χ4n) is 2.93. The van der Waals surface area contributed by atoms with Gasteiger partial charge in [0.15, 0.2) is 0 Å². The molecule has 0 radical (unpaired) electrons. The average Bonchev–Trinajstić information content (AvgIpc) is 2.48. The van der Waals surface area contributed by atoms with Crippen LogP contribution in [-0.4, -0.2) is 16.5 Å². The Kier molecular flexibility index (Phi) is 5.77. The quantitative estimate of drug-likeness (QED) is 0.794. The zero-order valence-electron chi connectivity index (χ0n) is 12.4. The van der Waals surface area contributed by atoms with Crippen molar-refractivity contribution in [3.05, 3.63) is 23.8 Å². The molecule has 0 saturated heterocycles. The predicted molar refractivity (Wildman–Crippen MR) is 79.0 cm³/mol. The number of nitrogens with zero attached hydrogens (tertiary/aromatic N) is 2. The molecule has 3 heteroatoms. The molecule has 2 rings (SSSR count). The molecule has 19 heavy (non-hydrogen) atoms. The van der Waals surface area contributed by atoms with E-state index in [4.69, 9.17) is 4.98 Å². The van der Waals surface area contributed by atoms with Crippen molar-refractivity contribution in [2.24, 2.45) is 5.92 Å². The number of hydrogen-bond donors (Lipinski definition) is 1. The van der Waals surface area contributed by atoms with Gasteiger partial charge in [0.2, 0.25) is 0 Å². The molecule has 1 aliphatic carbocycles. The third kappa shape index (κ3) is 4.27. The van der Waals surface area contributed by atoms with Crippen molar-refractivity contribution in [3.63, 3.8) is 0 Å². The Morgan fingerprint density at radius 1 is 1.21 bits per heavy atom. The van der Waals surface area contributed by atoms with Gasteiger partial charge in [-0.05, 0) is 50.6 Å². The molecule has 1 heterocycles. The summed E-state index contributed by atoms with van der Waals surface area (Å²) in [4.78, 5) is 9.25. The van der Waals surface area contributed by atoms with E-state index in [0.29, 0.717) is 5.92 Å². The van der Waals surface area contributed by atoms with Gasteiger partial charge >= 0.3 is 0 Å². The Hall–Kier alpha value is -0.960. The molecule has 0 aromatic carbocycles. The molecule has 0 amide bonds. The molecular weight excluding hydrogens is 234 g/mol. The molecule has 1 fully saturated rings. The van der Waals surface area contributed by atoms with E-state index in [-0.39, 0.29) is 0 Å². The first-order valence-electron chi connectivity index (χ1n) is 7.86. The summed E-state index contributed by atoms with van der Waals surface area (Å²) in [7, 11) is 0. The molecule has 1 N–H and O–H groups in total. The summed E-state index contributed by atoms with van der Waals surface area (Å²) in [5.74, 6) is 2.60. The monoisotopic (exact) mass is 261 g/mol. The Morgan fingerprint density at radius 3 is 2.68 bits per heavy atom. The summed E-state index contributed by atoms with van der Waals surface area (Å²) in [6.45, 7) is 6.42. The van der Waals surface area contributed by atoms with E-state index < -0.39 is 0 Å². The van der Waals surface area contributed by atoms with Crippen LogP contribution >= 0.6 is 0 Å². The molecule has 0 aliphatic heterocycles. The SMILES string of the molecule is CCCNCc1ccnc(C2CCC(CC)CC2)n1. The van der Waals surface area contributed by atoms with E-state index >= 15 is 0 Å². The summed E-state index contributed by atoms with van der Waals surface area (Å²) in [5, 5.41) is 3.41. The normalized spacial score (nSPS) is 23.5. The van der Waals surface area contributed by atoms with Gasteiger partial charge in [-0.15, -0.1) is 0 Å². The summed E-state index contributed by atoms with van der Waals surface area (Å²) < 4.78 is 0. The smallest absolute Gasteiger partial charge is 0.131 e. The molecule has 1 saturated carbocycles. The largest absolute Gasteiger partial charge is 0.311 e. The average molecular weight is 261 g/mol. The standard InChI is InChI=1S/C16H27N3/c1-3-10-17-12-15-9-11-18-16(19-15)14-7-5-13(4-2)6-8-14/h9,11,13-14,17H,3-8,10,12H2,1-2H3. The second-order valence-electron chi connectivity index (χ2n) is 5.71. The van der Waals surface area contributed by atoms with Crippen LogP contribution < -0.4 is 5.32 Å². The van der Waals surface area contributed by atoms with Crippen molar-refractivity contribution in [2.75, 3.05) is 6.54 Å². The fraction of sp³-hybridized carbons (Fsp3) is 0.750. The molecule has 106 valence electrons. The summed E-state index contributed by atoms with van der Waals surface area (Å²) in [5.41, 5.74) is 1.14. The predicted octanol–water partition coefficient (Wildman–Crippen LogP) is 3.66. The van der Waals surface area contributed by atoms with Crippen molar-refractivity contribution in [3.8, 4) is 0 Å². The number of nitrogens with one attached hydrogen (secondary N) is 1. The van der Waals surface area contributed by atoms with Gasteiger partial charge in [-0.1, -0.05) is 20.3 Å². The maximum Gasteiger partial charge on any atom is 0.131 e. The van der Waals surface area contributed by atoms with Crippen molar-refractivity contribution in [1.82, 2.24) is 15.3 Å². The second-order valence-corrected chi connectivity index (χ2v) is 5.71. The van der Waals surface area contributed by atoms with E-state index in [1.807, 2.05) is 12.3 Å². The first-order chi connectivity index (χ1) is 9.33. The Balaban J connectivity index is 1.91. The topological polar surface area (TPSA) is 37.8 Å². The first kappa shape index (κ1) is 14.4. The molecule has 0 atom stereocenters. The van der Waals surface area contributed by atoms with Gasteiger partial charge < -0.3 is 5.32 Å². The lowest BCUT2D eigenvalue weighted by Crippen LogP contribution is -2.18. The highest BCUT2D eigenvalue weighted by molar-refractivity contribution is 5.06. The first-order valence-corrected chi connectivity index (χ1v) is 7.86. The maximum absolute atomic E-state index is 4.75. The fourth-order valence-corrected chi connectivity index (χ4v) is 2.93. The van der Waals surface area contributed by atoms with Gasteiger partial charge in [0.05, 0.1) is 5.69 Å². The summed E-state index contributed by atoms with van der Waals surface area (Å²) in [6, 6.07) is 2.03. The van der Waals surface area contributed by atoms with Gasteiger partial charge in [-0.2, -0.15) is 0 Å². The van der Waals surface area contributed by atoms with Crippen LogP contribution in [0.3, 0.4) is 0 Å². The van der Waals surface area contributed by atoms with Crippen LogP contribution in [0, 0.1) is 5.92 Å². The third-order valence-corrected chi connectivity index (χ3v) is 4.25. The molecule has 1 aliphatic rings. The zero-order valence-corrected chi connectivity index (χ0v) is 12.4. The highest BCUT2D eigenvalue weighted by Crippen LogP contribution is 2.35. The molecule has 3 nitrogen and oxygen atoms in total. The second kappa shape index (κ2) is 7.59. The van der Waals surface area contributed by atoms with Gasteiger partial charge in [0, 0.05) is 18.7 Å². The van der Waals surface area contributed by atoms with Crippen molar-refractivity contribution >= 4 is 0 Å². The van der Waals surface area contributed by atoms with Crippen molar-refractivity contribution in [2.45, 2.75) is 64.8 Å². The lowest BCUT2D eigenvalue weighted by atomic mass is 9.80. The van der Waals surface area contributed by atoms with Crippen LogP contribution in [0.2, 0.25) is 0 Å². The molecule has 0 bridgehead atoms. The van der Waals surface area contributed by atoms with E-state index in [1.54, 1.807) is 0 Å². The minimum Gasteiger partial charge on any atom is -0.311 e. The van der Waals surface area contributed by atoms with Crippen LogP contribution in [0.15, 0.2) is 12.3 Å². The zero-order chi connectivity index (χ0) is 13.5. The third-order valence-electron chi connectivity index (χ3n) is 4.25. The van der Waals surface area contributed by atoms with E-state index in [9.17, 15) is 0 Å². The van der Waals surface area contributed by atoms with Gasteiger partial charge in [-0.25, -0.2) is 9.97 Å². The molecule has 0 unspecified atom stereocenters. The molecule has 1 aromatic heterocycles. The van der Waals surface area contributed by atoms with Crippen molar-refractivity contribution in [1.29, 1.82) is 0 Å². The highest BCUT2D eigenvalue weighted by atomic mass is 14.9. The lowest BCUT2D eigenvalue weighted by molar-refractivity contribution is 0.311. The van der Waals surface area contributed by atoms with Crippen LogP contribution in [0.1, 0.15) is 69.8 Å².